The van der Waals surface area contributed by atoms with Gasteiger partial charge in [0.15, 0.2) is 5.69 Å². The molecule has 2 fully saturated rings. The van der Waals surface area contributed by atoms with E-state index in [1.807, 2.05) is 0 Å². The molecular weight excluding hydrogens is 461 g/mol. The highest BCUT2D eigenvalue weighted by molar-refractivity contribution is 5.94. The van der Waals surface area contributed by atoms with Crippen LogP contribution in [0, 0.1) is 0 Å². The topological polar surface area (TPSA) is 93.1 Å². The van der Waals surface area contributed by atoms with Gasteiger partial charge in [-0.1, -0.05) is 31.0 Å². The van der Waals surface area contributed by atoms with Gasteiger partial charge >= 0.3 is 6.18 Å². The molecule has 2 aliphatic carbocycles. The molecule has 1 unspecified atom stereocenters. The van der Waals surface area contributed by atoms with E-state index >= 15 is 0 Å². The average Bonchev–Trinajstić information content (AvgIpc) is 3.46. The average molecular weight is 491 g/mol. The zero-order valence-electron chi connectivity index (χ0n) is 19.3. The van der Waals surface area contributed by atoms with Crippen LogP contribution in [0.3, 0.4) is 0 Å². The summed E-state index contributed by atoms with van der Waals surface area (Å²) in [6, 6.07) is 5.91. The number of rotatable bonds is 9. The number of carbonyl (C=O) groups excluding carboxylic acids is 3. The first-order chi connectivity index (χ1) is 16.8. The molecule has 2 N–H and O–H groups in total. The summed E-state index contributed by atoms with van der Waals surface area (Å²) in [6.45, 7) is 0. The second-order valence-corrected chi connectivity index (χ2v) is 9.31. The molecular formula is C25H29F3N4O3. The minimum Gasteiger partial charge on any atom is -0.353 e. The van der Waals surface area contributed by atoms with E-state index in [4.69, 9.17) is 0 Å². The molecule has 4 rings (SSSR count). The summed E-state index contributed by atoms with van der Waals surface area (Å²) in [5.41, 5.74) is -0.649. The maximum Gasteiger partial charge on any atom is 0.417 e. The van der Waals surface area contributed by atoms with Crippen molar-refractivity contribution in [3.8, 4) is 11.3 Å². The molecule has 10 heteroatoms. The van der Waals surface area contributed by atoms with Crippen molar-refractivity contribution in [2.75, 3.05) is 0 Å². The predicted octanol–water partition coefficient (Wildman–Crippen LogP) is 4.43. The molecule has 2 saturated carbocycles. The van der Waals surface area contributed by atoms with Crippen LogP contribution in [-0.2, 0) is 15.8 Å². The monoisotopic (exact) mass is 490 g/mol. The maximum atomic E-state index is 13.7. The molecule has 2 amide bonds. The summed E-state index contributed by atoms with van der Waals surface area (Å²) in [5, 5.41) is 9.95. The van der Waals surface area contributed by atoms with Gasteiger partial charge in [-0.3, -0.25) is 14.3 Å². The van der Waals surface area contributed by atoms with Crippen molar-refractivity contribution in [2.45, 2.75) is 82.1 Å². The van der Waals surface area contributed by atoms with Gasteiger partial charge in [-0.25, -0.2) is 0 Å². The molecule has 0 spiro atoms. The highest BCUT2D eigenvalue weighted by Crippen LogP contribution is 2.40. The highest BCUT2D eigenvalue weighted by Gasteiger charge is 2.35. The Kier molecular flexibility index (Phi) is 7.57. The number of halogens is 3. The Hall–Kier alpha value is -3.17. The molecule has 0 saturated heterocycles. The van der Waals surface area contributed by atoms with Crippen LogP contribution in [0.2, 0.25) is 0 Å². The van der Waals surface area contributed by atoms with Gasteiger partial charge in [-0.15, -0.1) is 0 Å². The molecule has 35 heavy (non-hydrogen) atoms. The van der Waals surface area contributed by atoms with Crippen molar-refractivity contribution in [2.24, 2.45) is 0 Å². The molecule has 1 heterocycles. The van der Waals surface area contributed by atoms with Crippen LogP contribution in [0.25, 0.3) is 11.3 Å². The summed E-state index contributed by atoms with van der Waals surface area (Å²) in [7, 11) is 0. The third-order valence-corrected chi connectivity index (χ3v) is 6.77. The van der Waals surface area contributed by atoms with Crippen LogP contribution in [0.4, 0.5) is 13.2 Å². The van der Waals surface area contributed by atoms with E-state index in [9.17, 15) is 27.6 Å². The van der Waals surface area contributed by atoms with E-state index < -0.39 is 23.7 Å². The number of aromatic nitrogens is 2. The van der Waals surface area contributed by atoms with Gasteiger partial charge in [0.1, 0.15) is 6.29 Å². The Balaban J connectivity index is 1.59. The van der Waals surface area contributed by atoms with Gasteiger partial charge in [-0.05, 0) is 44.2 Å². The lowest BCUT2D eigenvalue weighted by molar-refractivity contribution is -0.137. The van der Waals surface area contributed by atoms with E-state index in [0.29, 0.717) is 6.29 Å². The molecule has 2 aliphatic rings. The zero-order valence-corrected chi connectivity index (χ0v) is 19.3. The Labute approximate surface area is 201 Å². The van der Waals surface area contributed by atoms with Gasteiger partial charge in [0.2, 0.25) is 5.91 Å². The third kappa shape index (κ3) is 5.91. The fourth-order valence-electron chi connectivity index (χ4n) is 4.72. The smallest absolute Gasteiger partial charge is 0.353 e. The largest absolute Gasteiger partial charge is 0.417 e. The second-order valence-electron chi connectivity index (χ2n) is 9.31. The lowest BCUT2D eigenvalue weighted by Crippen LogP contribution is -2.44. The van der Waals surface area contributed by atoms with Gasteiger partial charge in [0, 0.05) is 30.5 Å². The first-order valence-corrected chi connectivity index (χ1v) is 12.1. The molecule has 7 nitrogen and oxygen atoms in total. The number of benzene rings is 1. The van der Waals surface area contributed by atoms with E-state index in [2.05, 4.69) is 15.7 Å². The Morgan fingerprint density at radius 2 is 1.83 bits per heavy atom. The fourth-order valence-corrected chi connectivity index (χ4v) is 4.72. The standard InChI is InChI=1S/C25H29F3N4O3/c26-25(27,28)20-11-4-3-10-19(20)22-15-21(31-32(22)18-8-1-2-9-18)24(35)30-17(12-13-33)14-23(34)29-16-6-5-7-16/h3-4,10-11,13,15-18H,1-2,5-9,12,14H2,(H,29,34)(H,30,35). The van der Waals surface area contributed by atoms with Crippen LogP contribution in [0.5, 0.6) is 0 Å². The van der Waals surface area contributed by atoms with Gasteiger partial charge < -0.3 is 15.4 Å². The minimum atomic E-state index is -4.56. The van der Waals surface area contributed by atoms with E-state index in [1.54, 1.807) is 0 Å². The molecule has 0 radical (unpaired) electrons. The van der Waals surface area contributed by atoms with Crippen molar-refractivity contribution < 1.29 is 27.6 Å². The number of nitrogens with one attached hydrogen (secondary N) is 2. The lowest BCUT2D eigenvalue weighted by atomic mass is 9.93. The Morgan fingerprint density at radius 3 is 2.46 bits per heavy atom. The number of nitrogens with zero attached hydrogens (tertiary/aromatic N) is 2. The Bertz CT molecular complexity index is 1070. The summed E-state index contributed by atoms with van der Waals surface area (Å²) >= 11 is 0. The normalized spacial score (nSPS) is 17.6. The van der Waals surface area contributed by atoms with Crippen molar-refractivity contribution >= 4 is 18.1 Å². The number of alkyl halides is 3. The molecule has 1 aromatic carbocycles. The lowest BCUT2D eigenvalue weighted by Gasteiger charge is -2.27. The maximum absolute atomic E-state index is 13.7. The number of amides is 2. The van der Waals surface area contributed by atoms with Crippen molar-refractivity contribution in [1.82, 2.24) is 20.4 Å². The molecule has 2 aromatic rings. The molecule has 1 atom stereocenters. The van der Waals surface area contributed by atoms with Crippen molar-refractivity contribution in [3.63, 3.8) is 0 Å². The van der Waals surface area contributed by atoms with Crippen LogP contribution >= 0.6 is 0 Å². The molecule has 0 bridgehead atoms. The SMILES string of the molecule is O=CCC(CC(=O)NC1CCC1)NC(=O)c1cc(-c2ccccc2C(F)(F)F)n(C2CCCC2)n1. The summed E-state index contributed by atoms with van der Waals surface area (Å²) in [4.78, 5) is 36.5. The quantitative estimate of drug-likeness (QED) is 0.509. The number of hydrogen-bond acceptors (Lipinski definition) is 4. The van der Waals surface area contributed by atoms with Crippen LogP contribution in [-0.4, -0.2) is 40.0 Å². The van der Waals surface area contributed by atoms with Crippen LogP contribution < -0.4 is 10.6 Å². The fraction of sp³-hybridized carbons (Fsp3) is 0.520. The van der Waals surface area contributed by atoms with Crippen LogP contribution in [0.1, 0.15) is 79.9 Å². The zero-order chi connectivity index (χ0) is 25.0. The number of aldehydes is 1. The predicted molar refractivity (Wildman–Crippen MR) is 123 cm³/mol. The van der Waals surface area contributed by atoms with Gasteiger partial charge in [0.25, 0.3) is 5.91 Å². The number of hydrogen-bond donors (Lipinski definition) is 2. The second kappa shape index (κ2) is 10.6. The van der Waals surface area contributed by atoms with Gasteiger partial charge in [0.05, 0.1) is 17.3 Å². The van der Waals surface area contributed by atoms with E-state index in [-0.39, 0.29) is 47.8 Å². The molecule has 1 aromatic heterocycles. The summed E-state index contributed by atoms with van der Waals surface area (Å²) in [5.74, 6) is -0.881. The summed E-state index contributed by atoms with van der Waals surface area (Å²) < 4.78 is 42.7. The van der Waals surface area contributed by atoms with Crippen LogP contribution in [0.15, 0.2) is 30.3 Å². The minimum absolute atomic E-state index is 0.0391. The van der Waals surface area contributed by atoms with Crippen molar-refractivity contribution in [1.29, 1.82) is 0 Å². The number of carbonyl (C=O) groups is 3. The van der Waals surface area contributed by atoms with E-state index in [1.165, 1.54) is 28.9 Å². The molecule has 188 valence electrons. The van der Waals surface area contributed by atoms with E-state index in [0.717, 1.165) is 51.0 Å². The Morgan fingerprint density at radius 1 is 1.11 bits per heavy atom. The summed E-state index contributed by atoms with van der Waals surface area (Å²) in [6.07, 6.45) is 2.23. The first-order valence-electron chi connectivity index (χ1n) is 12.1. The first kappa shape index (κ1) is 24.9. The highest BCUT2D eigenvalue weighted by atomic mass is 19.4. The third-order valence-electron chi connectivity index (χ3n) is 6.77. The van der Waals surface area contributed by atoms with Crippen molar-refractivity contribution in [3.05, 3.63) is 41.6 Å². The van der Waals surface area contributed by atoms with Gasteiger partial charge in [-0.2, -0.15) is 18.3 Å². The molecule has 0 aliphatic heterocycles.